The maximum absolute atomic E-state index is 12.0. The molecule has 0 spiro atoms. The van der Waals surface area contributed by atoms with Crippen molar-refractivity contribution < 1.29 is 73.6 Å². The van der Waals surface area contributed by atoms with Gasteiger partial charge in [-0.3, -0.25) is 13.7 Å². The number of nitrogens with two attached hydrogens (primary N) is 1. The molecule has 35 heavy (non-hydrogen) atoms. The summed E-state index contributed by atoms with van der Waals surface area (Å²) in [6.45, 7) is -0.877. The minimum absolute atomic E-state index is 0. The van der Waals surface area contributed by atoms with E-state index in [1.807, 2.05) is 0 Å². The molecule has 2 unspecified atom stereocenters. The fourth-order valence-corrected chi connectivity index (χ4v) is 4.51. The third kappa shape index (κ3) is 11.5. The van der Waals surface area contributed by atoms with Crippen LogP contribution in [-0.2, 0) is 27.2 Å². The second-order valence-electron chi connectivity index (χ2n) is 7.73. The lowest BCUT2D eigenvalue weighted by Gasteiger charge is -2.28. The molecule has 1 saturated heterocycles. The van der Waals surface area contributed by atoms with Gasteiger partial charge in [0.25, 0.3) is 7.82 Å². The maximum Gasteiger partial charge on any atom is 0.478 e. The number of nitrogens with zero attached hydrogens (tertiary/aromatic N) is 3. The highest BCUT2D eigenvalue weighted by molar-refractivity contribution is 7.60. The van der Waals surface area contributed by atoms with E-state index in [2.05, 4.69) is 18.3 Å². The number of likely N-dealkylation sites (N-methyl/N-ethyl adjacent to an activating group) is 1. The third-order valence-electron chi connectivity index (χ3n) is 4.08. The number of ether oxygens (including phenoxy) is 1. The van der Waals surface area contributed by atoms with Crippen molar-refractivity contribution >= 4 is 21.5 Å². The molecule has 0 radical (unpaired) electrons. The number of hydrogen-bond donors (Lipinski definition) is 4. The highest BCUT2D eigenvalue weighted by Crippen LogP contribution is 2.58. The highest BCUT2D eigenvalue weighted by Gasteiger charge is 2.45. The van der Waals surface area contributed by atoms with Crippen molar-refractivity contribution in [3.8, 4) is 0 Å². The summed E-state index contributed by atoms with van der Waals surface area (Å²) in [6, 6.07) is 1.26. The van der Waals surface area contributed by atoms with E-state index in [9.17, 15) is 33.9 Å². The Labute approximate surface area is 199 Å². The lowest BCUT2D eigenvalue weighted by Crippen LogP contribution is -2.37. The molecule has 0 amide bonds. The van der Waals surface area contributed by atoms with Crippen LogP contribution in [0.15, 0.2) is 17.1 Å². The molecule has 0 saturated carbocycles. The summed E-state index contributed by atoms with van der Waals surface area (Å²) in [5.74, 6) is -0.0711. The molecule has 2 rings (SSSR count). The van der Waals surface area contributed by atoms with Crippen LogP contribution in [0.1, 0.15) is 6.23 Å². The molecule has 210 valence electrons. The molecular formula is C14H34N4O15P2. The zero-order chi connectivity index (χ0) is 23.6. The van der Waals surface area contributed by atoms with Gasteiger partial charge >= 0.3 is 13.5 Å². The Morgan fingerprint density at radius 2 is 1.74 bits per heavy atom. The number of nitrogen functional groups attached to an aromatic ring is 1. The Morgan fingerprint density at radius 1 is 1.17 bits per heavy atom. The van der Waals surface area contributed by atoms with Gasteiger partial charge in [0.2, 0.25) is 0 Å². The van der Waals surface area contributed by atoms with Gasteiger partial charge in [0.1, 0.15) is 37.3 Å². The quantitative estimate of drug-likeness (QED) is 0.153. The van der Waals surface area contributed by atoms with E-state index in [4.69, 9.17) is 10.5 Å². The van der Waals surface area contributed by atoms with Gasteiger partial charge < -0.3 is 61.4 Å². The Bertz CT molecular complexity index is 926. The van der Waals surface area contributed by atoms with E-state index in [1.54, 1.807) is 21.1 Å². The first-order valence-corrected chi connectivity index (χ1v) is 11.9. The monoisotopic (exact) mass is 560 g/mol. The fourth-order valence-electron chi connectivity index (χ4n) is 2.48. The molecule has 2 heterocycles. The third-order valence-corrected chi connectivity index (χ3v) is 6.68. The van der Waals surface area contributed by atoms with Crippen LogP contribution >= 0.6 is 15.6 Å². The molecule has 1 aromatic heterocycles. The zero-order valence-electron chi connectivity index (χ0n) is 19.0. The predicted molar refractivity (Wildman–Crippen MR) is 117 cm³/mol. The lowest BCUT2D eigenvalue weighted by molar-refractivity contribution is -0.870. The highest BCUT2D eigenvalue weighted by atomic mass is 31.3. The minimum Gasteiger partial charge on any atom is -0.756 e. The molecule has 19 nitrogen and oxygen atoms in total. The number of aliphatic hydroxyl groups is 2. The molecule has 1 fully saturated rings. The van der Waals surface area contributed by atoms with E-state index in [-0.39, 0.29) is 40.9 Å². The normalized spacial score (nSPS) is 25.0. The van der Waals surface area contributed by atoms with Crippen LogP contribution in [0.4, 0.5) is 5.82 Å². The summed E-state index contributed by atoms with van der Waals surface area (Å²) in [4.78, 5) is 36.7. The molecule has 13 N–H and O–H groups in total. The van der Waals surface area contributed by atoms with Gasteiger partial charge in [-0.05, 0) is 6.07 Å². The number of aliphatic hydroxyl groups excluding tert-OH is 2. The van der Waals surface area contributed by atoms with Crippen molar-refractivity contribution in [2.75, 3.05) is 46.6 Å². The predicted octanol–water partition coefficient (Wildman–Crippen LogP) is -5.53. The van der Waals surface area contributed by atoms with Crippen molar-refractivity contribution in [3.05, 3.63) is 22.7 Å². The topological polar surface area (TPSA) is 342 Å². The molecule has 1 aliphatic rings. The van der Waals surface area contributed by atoms with Crippen LogP contribution in [0.3, 0.4) is 0 Å². The van der Waals surface area contributed by atoms with E-state index < -0.39 is 52.5 Å². The number of anilines is 1. The molecule has 0 aromatic carbocycles. The molecular weight excluding hydrogens is 526 g/mol. The average Bonchev–Trinajstić information content (AvgIpc) is 2.86. The summed E-state index contributed by atoms with van der Waals surface area (Å²) < 4.78 is 43.4. The van der Waals surface area contributed by atoms with Gasteiger partial charge in [-0.25, -0.2) is 13.7 Å². The van der Waals surface area contributed by atoms with Crippen LogP contribution in [0.25, 0.3) is 0 Å². The lowest BCUT2D eigenvalue weighted by atomic mass is 10.1. The van der Waals surface area contributed by atoms with Crippen molar-refractivity contribution in [1.82, 2.24) is 9.55 Å². The average molecular weight is 560 g/mol. The van der Waals surface area contributed by atoms with Crippen LogP contribution in [-0.4, -0.2) is 110 Å². The van der Waals surface area contributed by atoms with Gasteiger partial charge in [-0.2, -0.15) is 4.98 Å². The fraction of sp³-hybridized carbons (Fsp3) is 0.714. The Kier molecular flexibility index (Phi) is 15.7. The van der Waals surface area contributed by atoms with Crippen molar-refractivity contribution in [3.63, 3.8) is 0 Å². The number of aromatic nitrogens is 2. The summed E-state index contributed by atoms with van der Waals surface area (Å²) in [5, 5.41) is 20.2. The maximum atomic E-state index is 12.0. The van der Waals surface area contributed by atoms with E-state index in [0.29, 0.717) is 4.48 Å². The molecule has 0 bridgehead atoms. The van der Waals surface area contributed by atoms with Crippen LogP contribution in [0, 0.1) is 0 Å². The number of phosphoric ester groups is 2. The number of rotatable bonds is 10. The van der Waals surface area contributed by atoms with Crippen molar-refractivity contribution in [2.45, 2.75) is 24.5 Å². The van der Waals surface area contributed by atoms with Crippen LogP contribution in [0.5, 0.6) is 0 Å². The van der Waals surface area contributed by atoms with Gasteiger partial charge in [0, 0.05) is 6.20 Å². The van der Waals surface area contributed by atoms with Crippen molar-refractivity contribution in [2.24, 2.45) is 0 Å². The molecule has 6 atom stereocenters. The number of hydrogen-bond acceptors (Lipinski definition) is 12. The number of quaternary nitrogens is 1. The molecule has 21 heteroatoms. The van der Waals surface area contributed by atoms with Gasteiger partial charge in [0.05, 0.1) is 27.7 Å². The SMILES string of the molecule is C[N+](C)(C)CCOP(=O)([O-])OP(=O)(O)OC[C@H]1O[C@@H](n2ccc(N)nc2=O)[C@H](O)[C@@H]1O.O.O.O.O. The molecule has 1 aromatic rings. The summed E-state index contributed by atoms with van der Waals surface area (Å²) >= 11 is 0. The Hall–Kier alpha value is -1.38. The summed E-state index contributed by atoms with van der Waals surface area (Å²) in [6.07, 6.45) is -4.89. The Balaban J connectivity index is -0.00000256. The standard InChI is InChI=1S/C14H26N4O11P2.4H2O/c1-18(2,3)6-7-26-30(22,23)29-31(24,25)27-8-9-11(19)12(20)13(28-9)17-5-4-10(15)16-14(17)21;;;;/h4-5,9,11-13,19-20H,6-8H2,1-3H3,(H3-,15,16,21,22,23,24,25);4*1H2/t9-,11-,12-,13-;;;;/m1..../s1. The van der Waals surface area contributed by atoms with Crippen LogP contribution in [0.2, 0.25) is 0 Å². The van der Waals surface area contributed by atoms with E-state index >= 15 is 0 Å². The number of phosphoric acid groups is 2. The first-order chi connectivity index (χ1) is 14.1. The second-order valence-corrected chi connectivity index (χ2v) is 10.7. The van der Waals surface area contributed by atoms with Gasteiger partial charge in [-0.1, -0.05) is 0 Å². The van der Waals surface area contributed by atoms with E-state index in [0.717, 1.165) is 4.57 Å². The Morgan fingerprint density at radius 3 is 2.26 bits per heavy atom. The van der Waals surface area contributed by atoms with Gasteiger partial charge in [0.15, 0.2) is 6.23 Å². The largest absolute Gasteiger partial charge is 0.756 e. The zero-order valence-corrected chi connectivity index (χ0v) is 20.8. The van der Waals surface area contributed by atoms with Crippen LogP contribution < -0.4 is 16.3 Å². The first-order valence-electron chi connectivity index (χ1n) is 8.91. The van der Waals surface area contributed by atoms with Gasteiger partial charge in [-0.15, -0.1) is 0 Å². The molecule has 1 aliphatic heterocycles. The summed E-state index contributed by atoms with van der Waals surface area (Å²) in [7, 11) is -5.01. The van der Waals surface area contributed by atoms with E-state index in [1.165, 1.54) is 12.3 Å². The van der Waals surface area contributed by atoms with Crippen molar-refractivity contribution in [1.29, 1.82) is 0 Å². The first kappa shape index (κ1) is 38.2. The minimum atomic E-state index is -5.18. The summed E-state index contributed by atoms with van der Waals surface area (Å²) in [5.41, 5.74) is 4.52. The second kappa shape index (κ2) is 14.4. The smallest absolute Gasteiger partial charge is 0.478 e. The molecule has 0 aliphatic carbocycles.